The average molecular weight is 566 g/mol. The first-order valence-electron chi connectivity index (χ1n) is 15.6. The molecule has 2 aliphatic rings. The van der Waals surface area contributed by atoms with Crippen LogP contribution in [0.25, 0.3) is 0 Å². The summed E-state index contributed by atoms with van der Waals surface area (Å²) in [5.74, 6) is 1.45. The highest BCUT2D eigenvalue weighted by Gasteiger charge is 2.33. The molecule has 0 atom stereocenters. The van der Waals surface area contributed by atoms with Crippen LogP contribution in [0.5, 0.6) is 0 Å². The lowest BCUT2D eigenvalue weighted by molar-refractivity contribution is 0.0721. The number of H-pyrrole nitrogens is 2. The van der Waals surface area contributed by atoms with Gasteiger partial charge in [-0.1, -0.05) is 43.3 Å². The molecule has 0 aliphatic heterocycles. The van der Waals surface area contributed by atoms with Crippen LogP contribution in [0.15, 0.2) is 73.3 Å². The molecule has 2 aromatic heterocycles. The van der Waals surface area contributed by atoms with Gasteiger partial charge in [0.1, 0.15) is 11.6 Å². The molecule has 3 N–H and O–H groups in total. The van der Waals surface area contributed by atoms with E-state index >= 15 is 0 Å². The Balaban J connectivity index is 1.000. The number of rotatable bonds is 12. The van der Waals surface area contributed by atoms with Crippen LogP contribution in [0.2, 0.25) is 0 Å². The van der Waals surface area contributed by atoms with Crippen LogP contribution in [0.4, 0.5) is 0 Å². The third-order valence-electron chi connectivity index (χ3n) is 9.02. The minimum absolute atomic E-state index is 0.0392. The van der Waals surface area contributed by atoms with Crippen molar-refractivity contribution in [2.75, 3.05) is 6.54 Å². The van der Waals surface area contributed by atoms with Crippen molar-refractivity contribution in [3.05, 3.63) is 107 Å². The maximum Gasteiger partial charge on any atom is 0.254 e. The highest BCUT2D eigenvalue weighted by Crippen LogP contribution is 2.31. The van der Waals surface area contributed by atoms with E-state index in [4.69, 9.17) is 0 Å². The minimum Gasteiger partial charge on any atom is -0.347 e. The van der Waals surface area contributed by atoms with Crippen molar-refractivity contribution in [1.29, 1.82) is 0 Å². The van der Waals surface area contributed by atoms with Crippen molar-refractivity contribution in [3.63, 3.8) is 0 Å². The van der Waals surface area contributed by atoms with E-state index in [-0.39, 0.29) is 5.91 Å². The number of nitrogens with one attached hydrogen (secondary N) is 3. The maximum absolute atomic E-state index is 13.4. The second-order valence-electron chi connectivity index (χ2n) is 11.9. The number of fused-ring (bicyclic) bond motifs is 1. The molecule has 1 fully saturated rings. The van der Waals surface area contributed by atoms with E-state index in [0.717, 1.165) is 18.2 Å². The topological polar surface area (TPSA) is 92.9 Å². The van der Waals surface area contributed by atoms with Gasteiger partial charge in [0, 0.05) is 55.0 Å². The molecule has 0 radical (unpaired) electrons. The van der Waals surface area contributed by atoms with Crippen LogP contribution in [0.3, 0.4) is 0 Å². The standard InChI is InChI=1S/C34H43N7O/c1-2-19-41(31-20-27-5-3-4-6-28(27)21-31)30-13-11-29(12-14-30)39-22-25-7-9-26(10-8-25)34(42)40(23-32-35-15-16-36-32)24-33-37-17-18-38-33/h3-10,15-18,29-31,39H,2,11-14,19-24H2,1H3,(H,35,36)(H,37,38). The second-order valence-corrected chi connectivity index (χ2v) is 11.9. The molecule has 42 heavy (non-hydrogen) atoms. The van der Waals surface area contributed by atoms with Crippen molar-refractivity contribution in [2.45, 2.75) is 89.6 Å². The zero-order chi connectivity index (χ0) is 28.7. The number of aromatic nitrogens is 4. The van der Waals surface area contributed by atoms with E-state index in [1.807, 2.05) is 12.1 Å². The minimum atomic E-state index is -0.0392. The first kappa shape index (κ1) is 28.4. The Morgan fingerprint density at radius 1 is 0.857 bits per heavy atom. The van der Waals surface area contributed by atoms with Gasteiger partial charge < -0.3 is 20.2 Å². The quantitative estimate of drug-likeness (QED) is 0.218. The van der Waals surface area contributed by atoms with Gasteiger partial charge in [-0.25, -0.2) is 9.97 Å². The molecule has 0 unspecified atom stereocenters. The summed E-state index contributed by atoms with van der Waals surface area (Å²) in [6, 6.07) is 18.9. The van der Waals surface area contributed by atoms with Crippen molar-refractivity contribution in [3.8, 4) is 0 Å². The number of benzene rings is 2. The molecule has 8 heteroatoms. The van der Waals surface area contributed by atoms with Crippen molar-refractivity contribution in [1.82, 2.24) is 35.1 Å². The highest BCUT2D eigenvalue weighted by molar-refractivity contribution is 5.94. The van der Waals surface area contributed by atoms with Crippen LogP contribution >= 0.6 is 0 Å². The molecular weight excluding hydrogens is 522 g/mol. The number of hydrogen-bond acceptors (Lipinski definition) is 5. The van der Waals surface area contributed by atoms with E-state index in [0.29, 0.717) is 36.8 Å². The summed E-state index contributed by atoms with van der Waals surface area (Å²) in [5.41, 5.74) is 4.97. The van der Waals surface area contributed by atoms with E-state index in [1.165, 1.54) is 57.1 Å². The van der Waals surface area contributed by atoms with Crippen molar-refractivity contribution < 1.29 is 4.79 Å². The van der Waals surface area contributed by atoms with Gasteiger partial charge in [0.25, 0.3) is 5.91 Å². The first-order chi connectivity index (χ1) is 20.7. The molecule has 2 heterocycles. The Morgan fingerprint density at radius 3 is 2.02 bits per heavy atom. The van der Waals surface area contributed by atoms with Gasteiger partial charge >= 0.3 is 0 Å². The molecule has 6 rings (SSSR count). The normalized spacial score (nSPS) is 18.8. The Labute approximate surface area is 249 Å². The second kappa shape index (κ2) is 13.5. The highest BCUT2D eigenvalue weighted by atomic mass is 16.2. The summed E-state index contributed by atoms with van der Waals surface area (Å²) in [7, 11) is 0. The zero-order valence-corrected chi connectivity index (χ0v) is 24.6. The summed E-state index contributed by atoms with van der Waals surface area (Å²) >= 11 is 0. The van der Waals surface area contributed by atoms with Crippen LogP contribution < -0.4 is 5.32 Å². The molecule has 2 aliphatic carbocycles. The first-order valence-corrected chi connectivity index (χ1v) is 15.6. The monoisotopic (exact) mass is 565 g/mol. The number of aromatic amines is 2. The summed E-state index contributed by atoms with van der Waals surface area (Å²) in [6.07, 6.45) is 15.5. The number of amides is 1. The van der Waals surface area contributed by atoms with Crippen LogP contribution in [0, 0.1) is 0 Å². The third kappa shape index (κ3) is 6.82. The molecule has 2 aromatic carbocycles. The number of carbonyl (C=O) groups excluding carboxylic acids is 1. The molecule has 4 aromatic rings. The fraction of sp³-hybridized carbons (Fsp3) is 0.441. The van der Waals surface area contributed by atoms with Gasteiger partial charge in [0.15, 0.2) is 0 Å². The summed E-state index contributed by atoms with van der Waals surface area (Å²) in [4.78, 5) is 32.8. The number of imidazole rings is 2. The van der Waals surface area contributed by atoms with Gasteiger partial charge in [0.05, 0.1) is 13.1 Å². The molecule has 1 saturated carbocycles. The van der Waals surface area contributed by atoms with Gasteiger partial charge in [-0.05, 0) is 80.3 Å². The Morgan fingerprint density at radius 2 is 1.48 bits per heavy atom. The fourth-order valence-corrected chi connectivity index (χ4v) is 6.84. The van der Waals surface area contributed by atoms with Gasteiger partial charge in [-0.3, -0.25) is 9.69 Å². The van der Waals surface area contributed by atoms with Gasteiger partial charge in [-0.2, -0.15) is 0 Å². The van der Waals surface area contributed by atoms with Crippen LogP contribution in [-0.2, 0) is 32.5 Å². The largest absolute Gasteiger partial charge is 0.347 e. The Bertz CT molecular complexity index is 1330. The number of carbonyl (C=O) groups is 1. The average Bonchev–Trinajstić information content (AvgIpc) is 3.82. The Hall–Kier alpha value is -3.75. The van der Waals surface area contributed by atoms with Crippen molar-refractivity contribution >= 4 is 5.91 Å². The predicted molar refractivity (Wildman–Crippen MR) is 165 cm³/mol. The molecular formula is C34H43N7O. The molecule has 8 nitrogen and oxygen atoms in total. The van der Waals surface area contributed by atoms with E-state index in [2.05, 4.69) is 73.5 Å². The van der Waals surface area contributed by atoms with Crippen LogP contribution in [-0.4, -0.2) is 60.3 Å². The molecule has 220 valence electrons. The van der Waals surface area contributed by atoms with Gasteiger partial charge in [0.2, 0.25) is 0 Å². The van der Waals surface area contributed by atoms with E-state index in [1.54, 1.807) is 40.8 Å². The molecule has 0 bridgehead atoms. The number of nitrogens with zero attached hydrogens (tertiary/aromatic N) is 4. The molecule has 0 saturated heterocycles. The summed E-state index contributed by atoms with van der Waals surface area (Å²) in [5, 5.41) is 3.81. The van der Waals surface area contributed by atoms with Gasteiger partial charge in [-0.15, -0.1) is 0 Å². The third-order valence-corrected chi connectivity index (χ3v) is 9.02. The number of hydrogen-bond donors (Lipinski definition) is 3. The zero-order valence-electron chi connectivity index (χ0n) is 24.6. The predicted octanol–water partition coefficient (Wildman–Crippen LogP) is 5.26. The molecule has 0 spiro atoms. The Kier molecular flexibility index (Phi) is 9.11. The maximum atomic E-state index is 13.4. The van der Waals surface area contributed by atoms with E-state index < -0.39 is 0 Å². The lowest BCUT2D eigenvalue weighted by Gasteiger charge is -2.40. The fourth-order valence-electron chi connectivity index (χ4n) is 6.84. The SMILES string of the molecule is CCCN(C1CCC(NCc2ccc(C(=O)N(Cc3ncc[nH]3)Cc3ncc[nH]3)cc2)CC1)C1Cc2ccccc2C1. The molecule has 1 amide bonds. The lowest BCUT2D eigenvalue weighted by atomic mass is 9.88. The summed E-state index contributed by atoms with van der Waals surface area (Å²) in [6.45, 7) is 5.12. The van der Waals surface area contributed by atoms with Crippen LogP contribution in [0.1, 0.15) is 77.7 Å². The summed E-state index contributed by atoms with van der Waals surface area (Å²) < 4.78 is 0. The lowest BCUT2D eigenvalue weighted by Crippen LogP contribution is -2.47. The van der Waals surface area contributed by atoms with E-state index in [9.17, 15) is 4.79 Å². The van der Waals surface area contributed by atoms with Crippen molar-refractivity contribution in [2.24, 2.45) is 0 Å². The smallest absolute Gasteiger partial charge is 0.254 e.